The maximum atomic E-state index is 13.5. The van der Waals surface area contributed by atoms with Crippen LogP contribution in [0.15, 0.2) is 77.8 Å². The average molecular weight is 508 g/mol. The second-order valence-electron chi connectivity index (χ2n) is 8.67. The first-order valence-corrected chi connectivity index (χ1v) is 12.1. The number of hydrogen-bond acceptors (Lipinski definition) is 4. The Hall–Kier alpha value is -3.35. The van der Waals surface area contributed by atoms with Gasteiger partial charge in [-0.05, 0) is 48.7 Å². The molecule has 1 fully saturated rings. The van der Waals surface area contributed by atoms with Gasteiger partial charge in [-0.1, -0.05) is 65.7 Å². The Kier molecular flexibility index (Phi) is 6.50. The summed E-state index contributed by atoms with van der Waals surface area (Å²) in [7, 11) is 0. The predicted molar refractivity (Wildman–Crippen MR) is 137 cm³/mol. The number of fused-ring (bicyclic) bond motifs is 1. The third kappa shape index (κ3) is 4.90. The lowest BCUT2D eigenvalue weighted by molar-refractivity contribution is -0.122. The molecule has 6 nitrogen and oxygen atoms in total. The standard InChI is InChI=1S/C27H23Cl2N3O3/c28-20-8-6-19(7-9-20)24-22-16-21(29)10-11-23(22)30-25(33)27(31-24)12-14-32(15-13-27)26(34)35-17-18-4-2-1-3-5-18/h1-11,16H,12-15,17H2,(H,30,33). The third-order valence-corrected chi connectivity index (χ3v) is 6.89. The van der Waals surface area contributed by atoms with E-state index in [9.17, 15) is 9.59 Å². The zero-order valence-corrected chi connectivity index (χ0v) is 20.4. The van der Waals surface area contributed by atoms with Crippen LogP contribution in [-0.2, 0) is 16.1 Å². The molecule has 2 aliphatic heterocycles. The molecule has 0 aliphatic carbocycles. The van der Waals surface area contributed by atoms with Crippen molar-refractivity contribution in [1.29, 1.82) is 0 Å². The second kappa shape index (κ2) is 9.72. The molecule has 0 saturated carbocycles. The van der Waals surface area contributed by atoms with E-state index in [0.29, 0.717) is 47.4 Å². The molecule has 35 heavy (non-hydrogen) atoms. The van der Waals surface area contributed by atoms with Crippen molar-refractivity contribution in [2.75, 3.05) is 18.4 Å². The van der Waals surface area contributed by atoms with E-state index in [-0.39, 0.29) is 12.5 Å². The molecule has 5 rings (SSSR count). The van der Waals surface area contributed by atoms with E-state index in [0.717, 1.165) is 16.7 Å². The van der Waals surface area contributed by atoms with Gasteiger partial charge >= 0.3 is 6.09 Å². The van der Waals surface area contributed by atoms with E-state index < -0.39 is 11.6 Å². The summed E-state index contributed by atoms with van der Waals surface area (Å²) in [5, 5.41) is 4.20. The highest BCUT2D eigenvalue weighted by atomic mass is 35.5. The lowest BCUT2D eigenvalue weighted by atomic mass is 9.87. The van der Waals surface area contributed by atoms with Crippen molar-refractivity contribution in [2.45, 2.75) is 25.0 Å². The SMILES string of the molecule is O=C(OCc1ccccc1)N1CCC2(CC1)N=C(c1ccc(Cl)cc1)c1cc(Cl)ccc1NC2=O. The van der Waals surface area contributed by atoms with Crippen molar-refractivity contribution in [3.8, 4) is 0 Å². The number of nitrogens with one attached hydrogen (secondary N) is 1. The van der Waals surface area contributed by atoms with Crippen LogP contribution in [-0.4, -0.2) is 41.2 Å². The van der Waals surface area contributed by atoms with Gasteiger partial charge in [0.15, 0.2) is 0 Å². The summed E-state index contributed by atoms with van der Waals surface area (Å²) in [6, 6.07) is 22.2. The predicted octanol–water partition coefficient (Wildman–Crippen LogP) is 5.95. The number of hydrogen-bond donors (Lipinski definition) is 1. The van der Waals surface area contributed by atoms with Crippen LogP contribution in [0.4, 0.5) is 10.5 Å². The van der Waals surface area contributed by atoms with Crippen LogP contribution in [0.1, 0.15) is 29.5 Å². The fraction of sp³-hybridized carbons (Fsp3) is 0.222. The smallest absolute Gasteiger partial charge is 0.410 e. The van der Waals surface area contributed by atoms with Crippen LogP contribution >= 0.6 is 23.2 Å². The lowest BCUT2D eigenvalue weighted by Gasteiger charge is -2.37. The number of carbonyl (C=O) groups is 2. The highest BCUT2D eigenvalue weighted by Gasteiger charge is 2.44. The summed E-state index contributed by atoms with van der Waals surface area (Å²) in [6.07, 6.45) is 0.352. The number of rotatable bonds is 3. The normalized spacial score (nSPS) is 16.7. The summed E-state index contributed by atoms with van der Waals surface area (Å²) < 4.78 is 5.48. The van der Waals surface area contributed by atoms with Gasteiger partial charge in [0.1, 0.15) is 12.1 Å². The number of halogens is 2. The van der Waals surface area contributed by atoms with E-state index in [2.05, 4.69) is 5.32 Å². The molecule has 178 valence electrons. The van der Waals surface area contributed by atoms with Crippen LogP contribution in [0.2, 0.25) is 10.0 Å². The minimum absolute atomic E-state index is 0.192. The van der Waals surface area contributed by atoms with Crippen molar-refractivity contribution < 1.29 is 14.3 Å². The first-order chi connectivity index (χ1) is 16.9. The molecule has 0 radical (unpaired) electrons. The van der Waals surface area contributed by atoms with Crippen LogP contribution in [0.3, 0.4) is 0 Å². The molecule has 2 aliphatic rings. The summed E-state index contributed by atoms with van der Waals surface area (Å²) in [6.45, 7) is 0.918. The van der Waals surface area contributed by atoms with Crippen LogP contribution in [0.25, 0.3) is 0 Å². The van der Waals surface area contributed by atoms with Gasteiger partial charge in [0.2, 0.25) is 0 Å². The third-order valence-electron chi connectivity index (χ3n) is 6.41. The van der Waals surface area contributed by atoms with Gasteiger partial charge in [-0.15, -0.1) is 0 Å². The lowest BCUT2D eigenvalue weighted by Crippen LogP contribution is -2.51. The number of benzene rings is 3. The van der Waals surface area contributed by atoms with Gasteiger partial charge in [0, 0.05) is 34.3 Å². The molecule has 3 aromatic rings. The topological polar surface area (TPSA) is 71.0 Å². The molecular formula is C27H23Cl2N3O3. The number of aliphatic imine (C=N–C) groups is 1. The maximum absolute atomic E-state index is 13.5. The highest BCUT2D eigenvalue weighted by Crippen LogP contribution is 2.36. The Morgan fingerprint density at radius 1 is 0.971 bits per heavy atom. The first kappa shape index (κ1) is 23.4. The van der Waals surface area contributed by atoms with Gasteiger partial charge in [0.25, 0.3) is 5.91 Å². The second-order valence-corrected chi connectivity index (χ2v) is 9.54. The largest absolute Gasteiger partial charge is 0.445 e. The molecule has 1 saturated heterocycles. The number of piperidine rings is 1. The quantitative estimate of drug-likeness (QED) is 0.475. The van der Waals surface area contributed by atoms with Crippen molar-refractivity contribution in [3.05, 3.63) is 99.5 Å². The first-order valence-electron chi connectivity index (χ1n) is 11.4. The summed E-state index contributed by atoms with van der Waals surface area (Å²) in [4.78, 5) is 32.8. The van der Waals surface area contributed by atoms with Gasteiger partial charge < -0.3 is 15.0 Å². The van der Waals surface area contributed by atoms with Crippen molar-refractivity contribution in [3.63, 3.8) is 0 Å². The Morgan fingerprint density at radius 3 is 2.37 bits per heavy atom. The Morgan fingerprint density at radius 2 is 1.66 bits per heavy atom. The molecule has 0 aromatic heterocycles. The van der Waals surface area contributed by atoms with E-state index in [1.54, 1.807) is 35.2 Å². The monoisotopic (exact) mass is 507 g/mol. The van der Waals surface area contributed by atoms with Crippen molar-refractivity contribution >= 4 is 46.6 Å². The Bertz CT molecular complexity index is 1280. The molecule has 0 bridgehead atoms. The number of anilines is 1. The van der Waals surface area contributed by atoms with Gasteiger partial charge in [-0.25, -0.2) is 4.79 Å². The molecule has 2 amide bonds. The summed E-state index contributed by atoms with van der Waals surface area (Å²) >= 11 is 12.4. The number of carbonyl (C=O) groups excluding carboxylic acids is 2. The molecule has 0 atom stereocenters. The molecule has 0 unspecified atom stereocenters. The molecule has 8 heteroatoms. The zero-order valence-electron chi connectivity index (χ0n) is 18.8. The van der Waals surface area contributed by atoms with Crippen molar-refractivity contribution in [2.24, 2.45) is 4.99 Å². The fourth-order valence-corrected chi connectivity index (χ4v) is 4.72. The highest BCUT2D eigenvalue weighted by molar-refractivity contribution is 6.32. The maximum Gasteiger partial charge on any atom is 0.410 e. The fourth-order valence-electron chi connectivity index (χ4n) is 4.42. The van der Waals surface area contributed by atoms with Crippen LogP contribution in [0, 0.1) is 0 Å². The van der Waals surface area contributed by atoms with E-state index in [1.807, 2.05) is 42.5 Å². The molecule has 1 N–H and O–H groups in total. The number of likely N-dealkylation sites (tertiary alicyclic amines) is 1. The van der Waals surface area contributed by atoms with Crippen molar-refractivity contribution in [1.82, 2.24) is 4.90 Å². The molecule has 1 spiro atoms. The average Bonchev–Trinajstić information content (AvgIpc) is 2.99. The minimum atomic E-state index is -1.02. The summed E-state index contributed by atoms with van der Waals surface area (Å²) in [5.74, 6) is -0.192. The van der Waals surface area contributed by atoms with Crippen LogP contribution < -0.4 is 5.32 Å². The molecular weight excluding hydrogens is 485 g/mol. The van der Waals surface area contributed by atoms with E-state index >= 15 is 0 Å². The number of nitrogens with zero attached hydrogens (tertiary/aromatic N) is 2. The van der Waals surface area contributed by atoms with E-state index in [4.69, 9.17) is 32.9 Å². The molecule has 2 heterocycles. The zero-order chi connectivity index (χ0) is 24.4. The van der Waals surface area contributed by atoms with E-state index in [1.165, 1.54) is 0 Å². The van der Waals surface area contributed by atoms with Gasteiger partial charge in [-0.2, -0.15) is 0 Å². The number of amides is 2. The number of ether oxygens (including phenoxy) is 1. The van der Waals surface area contributed by atoms with Gasteiger partial charge in [0.05, 0.1) is 11.4 Å². The Balaban J connectivity index is 1.40. The van der Waals surface area contributed by atoms with Crippen LogP contribution in [0.5, 0.6) is 0 Å². The Labute approximate surface area is 213 Å². The molecule has 3 aromatic carbocycles. The minimum Gasteiger partial charge on any atom is -0.445 e. The van der Waals surface area contributed by atoms with Gasteiger partial charge in [-0.3, -0.25) is 9.79 Å². The summed E-state index contributed by atoms with van der Waals surface area (Å²) in [5.41, 5.74) is 2.79.